The van der Waals surface area contributed by atoms with E-state index < -0.39 is 5.82 Å². The topological polar surface area (TPSA) is 47.3 Å². The Morgan fingerprint density at radius 1 is 1.32 bits per heavy atom. The number of rotatable bonds is 4. The van der Waals surface area contributed by atoms with Gasteiger partial charge in [0, 0.05) is 12.6 Å². The van der Waals surface area contributed by atoms with Crippen molar-refractivity contribution in [2.24, 2.45) is 0 Å². The molecule has 1 saturated carbocycles. The molecule has 0 unspecified atom stereocenters. The number of halogens is 1. The zero-order valence-electron chi connectivity index (χ0n) is 11.0. The summed E-state index contributed by atoms with van der Waals surface area (Å²) >= 11 is 0. The fourth-order valence-electron chi connectivity index (χ4n) is 2.86. The van der Waals surface area contributed by atoms with E-state index in [0.717, 1.165) is 25.7 Å². The second kappa shape index (κ2) is 6.53. The molecule has 0 spiro atoms. The SMILES string of the molecule is N#Cc1c(F)cccc1N(CCO)C1CCCCC1. The van der Waals surface area contributed by atoms with Crippen LogP contribution in [0.25, 0.3) is 0 Å². The summed E-state index contributed by atoms with van der Waals surface area (Å²) in [7, 11) is 0. The van der Waals surface area contributed by atoms with Gasteiger partial charge in [-0.3, -0.25) is 0 Å². The van der Waals surface area contributed by atoms with Crippen LogP contribution in [0.15, 0.2) is 18.2 Å². The molecule has 1 aliphatic carbocycles. The zero-order valence-corrected chi connectivity index (χ0v) is 11.0. The van der Waals surface area contributed by atoms with Gasteiger partial charge < -0.3 is 10.0 Å². The number of benzene rings is 1. The van der Waals surface area contributed by atoms with Crippen molar-refractivity contribution >= 4 is 5.69 Å². The Bertz CT molecular complexity index is 464. The molecule has 0 saturated heterocycles. The number of hydrogen-bond donors (Lipinski definition) is 1. The van der Waals surface area contributed by atoms with Gasteiger partial charge in [0.1, 0.15) is 17.4 Å². The normalized spacial score (nSPS) is 16.1. The Morgan fingerprint density at radius 2 is 2.05 bits per heavy atom. The van der Waals surface area contributed by atoms with Crippen molar-refractivity contribution in [1.29, 1.82) is 5.26 Å². The number of aliphatic hydroxyl groups is 1. The van der Waals surface area contributed by atoms with Crippen LogP contribution in [0.5, 0.6) is 0 Å². The minimum Gasteiger partial charge on any atom is -0.395 e. The van der Waals surface area contributed by atoms with Crippen LogP contribution >= 0.6 is 0 Å². The van der Waals surface area contributed by atoms with E-state index in [0.29, 0.717) is 18.3 Å². The summed E-state index contributed by atoms with van der Waals surface area (Å²) in [5, 5.41) is 18.4. The number of aliphatic hydroxyl groups excluding tert-OH is 1. The van der Waals surface area contributed by atoms with E-state index in [1.807, 2.05) is 11.0 Å². The highest BCUT2D eigenvalue weighted by Crippen LogP contribution is 2.30. The lowest BCUT2D eigenvalue weighted by molar-refractivity contribution is 0.290. The van der Waals surface area contributed by atoms with Crippen LogP contribution in [0.3, 0.4) is 0 Å². The van der Waals surface area contributed by atoms with Gasteiger partial charge in [0.25, 0.3) is 0 Å². The van der Waals surface area contributed by atoms with Gasteiger partial charge in [0.05, 0.1) is 12.3 Å². The number of nitrogens with zero attached hydrogens (tertiary/aromatic N) is 2. The molecule has 0 atom stereocenters. The molecule has 1 aromatic rings. The Hall–Kier alpha value is -1.60. The molecule has 19 heavy (non-hydrogen) atoms. The van der Waals surface area contributed by atoms with Gasteiger partial charge in [0.15, 0.2) is 0 Å². The standard InChI is InChI=1S/C15H19FN2O/c16-14-7-4-8-15(13(14)11-17)18(9-10-19)12-5-2-1-3-6-12/h4,7-8,12,19H,1-3,5-6,9-10H2. The molecule has 3 nitrogen and oxygen atoms in total. The van der Waals surface area contributed by atoms with Crippen LogP contribution in [0.4, 0.5) is 10.1 Å². The van der Waals surface area contributed by atoms with Crippen molar-refractivity contribution in [3.63, 3.8) is 0 Å². The average Bonchev–Trinajstić information content (AvgIpc) is 2.45. The predicted molar refractivity (Wildman–Crippen MR) is 72.4 cm³/mol. The van der Waals surface area contributed by atoms with Gasteiger partial charge in [-0.25, -0.2) is 4.39 Å². The lowest BCUT2D eigenvalue weighted by Gasteiger charge is -2.36. The molecule has 0 radical (unpaired) electrons. The van der Waals surface area contributed by atoms with Crippen molar-refractivity contribution in [1.82, 2.24) is 0 Å². The van der Waals surface area contributed by atoms with E-state index in [2.05, 4.69) is 0 Å². The van der Waals surface area contributed by atoms with Gasteiger partial charge in [-0.2, -0.15) is 5.26 Å². The monoisotopic (exact) mass is 262 g/mol. The number of hydrogen-bond acceptors (Lipinski definition) is 3. The van der Waals surface area contributed by atoms with Gasteiger partial charge in [-0.05, 0) is 25.0 Å². The summed E-state index contributed by atoms with van der Waals surface area (Å²) in [6, 6.07) is 6.94. The van der Waals surface area contributed by atoms with Crippen molar-refractivity contribution in [3.05, 3.63) is 29.6 Å². The molecule has 0 aromatic heterocycles. The highest BCUT2D eigenvalue weighted by Gasteiger charge is 2.24. The highest BCUT2D eigenvalue weighted by atomic mass is 19.1. The Balaban J connectivity index is 2.33. The van der Waals surface area contributed by atoms with Crippen molar-refractivity contribution < 1.29 is 9.50 Å². The van der Waals surface area contributed by atoms with Gasteiger partial charge in [-0.1, -0.05) is 25.3 Å². The summed E-state index contributed by atoms with van der Waals surface area (Å²) in [5.41, 5.74) is 0.699. The first-order chi connectivity index (χ1) is 9.27. The predicted octanol–water partition coefficient (Wildman–Crippen LogP) is 2.83. The Kier molecular flexibility index (Phi) is 4.75. The molecule has 0 aliphatic heterocycles. The summed E-state index contributed by atoms with van der Waals surface area (Å²) in [4.78, 5) is 2.00. The largest absolute Gasteiger partial charge is 0.395 e. The summed E-state index contributed by atoms with van der Waals surface area (Å²) in [5.74, 6) is -0.487. The summed E-state index contributed by atoms with van der Waals surface area (Å²) in [6.07, 6.45) is 5.63. The molecule has 1 aromatic carbocycles. The van der Waals surface area contributed by atoms with Crippen LogP contribution in [0.1, 0.15) is 37.7 Å². The van der Waals surface area contributed by atoms with Crippen molar-refractivity contribution in [2.75, 3.05) is 18.1 Å². The third-order valence-corrected chi connectivity index (χ3v) is 3.77. The minimum absolute atomic E-state index is 0.0118. The number of nitriles is 1. The molecule has 1 aliphatic rings. The Labute approximate surface area is 113 Å². The second-order valence-corrected chi connectivity index (χ2v) is 4.95. The van der Waals surface area contributed by atoms with Crippen molar-refractivity contribution in [3.8, 4) is 6.07 Å². The minimum atomic E-state index is -0.487. The lowest BCUT2D eigenvalue weighted by atomic mass is 9.93. The molecular formula is C15H19FN2O. The van der Waals surface area contributed by atoms with E-state index in [1.54, 1.807) is 12.1 Å². The van der Waals surface area contributed by atoms with E-state index >= 15 is 0 Å². The molecule has 102 valence electrons. The van der Waals surface area contributed by atoms with Crippen LogP contribution in [-0.2, 0) is 0 Å². The average molecular weight is 262 g/mol. The van der Waals surface area contributed by atoms with Crippen molar-refractivity contribution in [2.45, 2.75) is 38.1 Å². The van der Waals surface area contributed by atoms with E-state index in [-0.39, 0.29) is 12.2 Å². The first-order valence-corrected chi connectivity index (χ1v) is 6.84. The molecule has 1 N–H and O–H groups in total. The smallest absolute Gasteiger partial charge is 0.143 e. The maximum atomic E-state index is 13.7. The molecule has 0 bridgehead atoms. The molecule has 0 heterocycles. The fourth-order valence-corrected chi connectivity index (χ4v) is 2.86. The molecule has 0 amide bonds. The molecular weight excluding hydrogens is 243 g/mol. The Morgan fingerprint density at radius 3 is 2.68 bits per heavy atom. The van der Waals surface area contributed by atoms with Crippen LogP contribution in [0.2, 0.25) is 0 Å². The molecule has 4 heteroatoms. The van der Waals surface area contributed by atoms with E-state index in [4.69, 9.17) is 5.26 Å². The highest BCUT2D eigenvalue weighted by molar-refractivity contribution is 5.60. The first-order valence-electron chi connectivity index (χ1n) is 6.84. The lowest BCUT2D eigenvalue weighted by Crippen LogP contribution is -2.39. The van der Waals surface area contributed by atoms with Gasteiger partial charge in [0.2, 0.25) is 0 Å². The summed E-state index contributed by atoms with van der Waals surface area (Å²) in [6.45, 7) is 0.459. The summed E-state index contributed by atoms with van der Waals surface area (Å²) < 4.78 is 13.7. The molecule has 1 fully saturated rings. The maximum Gasteiger partial charge on any atom is 0.143 e. The third-order valence-electron chi connectivity index (χ3n) is 3.77. The van der Waals surface area contributed by atoms with Crippen LogP contribution < -0.4 is 4.90 Å². The maximum absolute atomic E-state index is 13.7. The van der Waals surface area contributed by atoms with Gasteiger partial charge >= 0.3 is 0 Å². The zero-order chi connectivity index (χ0) is 13.7. The van der Waals surface area contributed by atoms with Crippen LogP contribution in [0, 0.1) is 17.1 Å². The van der Waals surface area contributed by atoms with E-state index in [9.17, 15) is 9.50 Å². The molecule has 2 rings (SSSR count). The second-order valence-electron chi connectivity index (χ2n) is 4.95. The first kappa shape index (κ1) is 13.8. The van der Waals surface area contributed by atoms with Gasteiger partial charge in [-0.15, -0.1) is 0 Å². The fraction of sp³-hybridized carbons (Fsp3) is 0.533. The number of anilines is 1. The van der Waals surface area contributed by atoms with Crippen LogP contribution in [-0.4, -0.2) is 24.3 Å². The quantitative estimate of drug-likeness (QED) is 0.907. The van der Waals surface area contributed by atoms with E-state index in [1.165, 1.54) is 12.5 Å². The third kappa shape index (κ3) is 3.05.